The summed E-state index contributed by atoms with van der Waals surface area (Å²) in [6, 6.07) is 3.49. The smallest absolute Gasteiger partial charge is 0.301 e. The number of hydrazone groups is 1. The SMILES string of the molecule is O=[N+]([O-])c1ccc(N/N=C2\CCCC[C@@]3(CCCO3)C2)c([N+](=O)[O-])c1. The normalized spacial score (nSPS) is 25.0. The van der Waals surface area contributed by atoms with Crippen molar-refractivity contribution in [2.45, 2.75) is 50.5 Å². The Morgan fingerprint density at radius 3 is 2.60 bits per heavy atom. The average Bonchev–Trinajstić information content (AvgIpc) is 2.94. The Balaban J connectivity index is 1.80. The number of hydrogen-bond acceptors (Lipinski definition) is 7. The summed E-state index contributed by atoms with van der Waals surface area (Å²) in [6.07, 6.45) is 6.71. The first kappa shape index (κ1) is 17.3. The third-order valence-electron chi connectivity index (χ3n) is 4.78. The average molecular weight is 348 g/mol. The van der Waals surface area contributed by atoms with Crippen LogP contribution in [0.4, 0.5) is 17.1 Å². The standard InChI is InChI=1S/C16H20N4O5/c21-19(22)13-5-6-14(15(10-13)20(23)24)18-17-12-4-1-2-7-16(11-12)8-3-9-25-16/h5-6,10,18H,1-4,7-9,11H2/b17-12+/t16-/m1/s1. The van der Waals surface area contributed by atoms with Gasteiger partial charge in [0.15, 0.2) is 0 Å². The highest BCUT2D eigenvalue weighted by Gasteiger charge is 2.37. The highest BCUT2D eigenvalue weighted by Crippen LogP contribution is 2.37. The van der Waals surface area contributed by atoms with E-state index in [4.69, 9.17) is 4.74 Å². The summed E-state index contributed by atoms with van der Waals surface area (Å²) in [5.74, 6) is 0. The minimum atomic E-state index is -0.658. The molecule has 2 aliphatic rings. The second-order valence-corrected chi connectivity index (χ2v) is 6.52. The molecule has 0 unspecified atom stereocenters. The lowest BCUT2D eigenvalue weighted by atomic mass is 9.91. The van der Waals surface area contributed by atoms with Gasteiger partial charge < -0.3 is 4.74 Å². The van der Waals surface area contributed by atoms with Crippen molar-refractivity contribution >= 4 is 22.8 Å². The molecule has 1 heterocycles. The Labute approximate surface area is 144 Å². The summed E-state index contributed by atoms with van der Waals surface area (Å²) >= 11 is 0. The van der Waals surface area contributed by atoms with Crippen molar-refractivity contribution in [1.82, 2.24) is 0 Å². The molecule has 134 valence electrons. The number of nitrogens with zero attached hydrogens (tertiary/aromatic N) is 3. The maximum absolute atomic E-state index is 11.2. The second kappa shape index (κ2) is 7.14. The highest BCUT2D eigenvalue weighted by molar-refractivity contribution is 5.86. The topological polar surface area (TPSA) is 120 Å². The fourth-order valence-corrected chi connectivity index (χ4v) is 3.53. The molecule has 1 aliphatic carbocycles. The van der Waals surface area contributed by atoms with Crippen LogP contribution in [0, 0.1) is 20.2 Å². The van der Waals surface area contributed by atoms with Crippen molar-refractivity contribution in [3.63, 3.8) is 0 Å². The molecule has 1 aromatic rings. The van der Waals surface area contributed by atoms with Gasteiger partial charge in [-0.2, -0.15) is 5.10 Å². The number of nitro benzene ring substituents is 2. The Morgan fingerprint density at radius 2 is 1.92 bits per heavy atom. The third-order valence-corrected chi connectivity index (χ3v) is 4.78. The minimum absolute atomic E-state index is 0.140. The number of nitrogens with one attached hydrogen (secondary N) is 1. The van der Waals surface area contributed by atoms with E-state index in [0.717, 1.165) is 63.3 Å². The molecule has 0 aromatic heterocycles. The predicted octanol–water partition coefficient (Wildman–Crippen LogP) is 3.78. The molecule has 1 saturated heterocycles. The van der Waals surface area contributed by atoms with Crippen LogP contribution in [0.15, 0.2) is 23.3 Å². The lowest BCUT2D eigenvalue weighted by Crippen LogP contribution is -2.29. The first-order chi connectivity index (χ1) is 12.0. The molecule has 1 saturated carbocycles. The Bertz CT molecular complexity index is 712. The van der Waals surface area contributed by atoms with Crippen molar-refractivity contribution in [2.75, 3.05) is 12.0 Å². The van der Waals surface area contributed by atoms with Crippen LogP contribution < -0.4 is 5.43 Å². The van der Waals surface area contributed by atoms with Gasteiger partial charge in [0.1, 0.15) is 5.69 Å². The first-order valence-electron chi connectivity index (χ1n) is 8.37. The van der Waals surface area contributed by atoms with Crippen LogP contribution in [0.1, 0.15) is 44.9 Å². The quantitative estimate of drug-likeness (QED) is 0.653. The van der Waals surface area contributed by atoms with Gasteiger partial charge in [-0.25, -0.2) is 0 Å². The molecule has 0 bridgehead atoms. The fraction of sp³-hybridized carbons (Fsp3) is 0.562. The van der Waals surface area contributed by atoms with E-state index in [-0.39, 0.29) is 22.7 Å². The Kier molecular flexibility index (Phi) is 4.93. The van der Waals surface area contributed by atoms with Crippen LogP contribution in [0.5, 0.6) is 0 Å². The largest absolute Gasteiger partial charge is 0.375 e. The number of rotatable bonds is 4. The van der Waals surface area contributed by atoms with Crippen molar-refractivity contribution in [2.24, 2.45) is 5.10 Å². The van der Waals surface area contributed by atoms with Gasteiger partial charge in [0.2, 0.25) is 0 Å². The van der Waals surface area contributed by atoms with Gasteiger partial charge in [-0.05, 0) is 38.2 Å². The van der Waals surface area contributed by atoms with Gasteiger partial charge in [0, 0.05) is 24.8 Å². The van der Waals surface area contributed by atoms with Crippen LogP contribution in [0.2, 0.25) is 0 Å². The molecule has 1 N–H and O–H groups in total. The van der Waals surface area contributed by atoms with E-state index in [9.17, 15) is 20.2 Å². The number of anilines is 1. The lowest BCUT2D eigenvalue weighted by molar-refractivity contribution is -0.393. The molecule has 1 atom stereocenters. The van der Waals surface area contributed by atoms with Crippen LogP contribution in [-0.2, 0) is 4.74 Å². The van der Waals surface area contributed by atoms with E-state index in [1.807, 2.05) is 0 Å². The Hall–Kier alpha value is -2.55. The van der Waals surface area contributed by atoms with E-state index in [2.05, 4.69) is 10.5 Å². The lowest BCUT2D eigenvalue weighted by Gasteiger charge is -2.26. The zero-order valence-electron chi connectivity index (χ0n) is 13.8. The monoisotopic (exact) mass is 348 g/mol. The van der Waals surface area contributed by atoms with Gasteiger partial charge in [-0.3, -0.25) is 25.7 Å². The summed E-state index contributed by atoms with van der Waals surface area (Å²) in [7, 11) is 0. The maximum atomic E-state index is 11.2. The maximum Gasteiger partial charge on any atom is 0.301 e. The van der Waals surface area contributed by atoms with Crippen molar-refractivity contribution in [1.29, 1.82) is 0 Å². The molecule has 3 rings (SSSR count). The van der Waals surface area contributed by atoms with E-state index < -0.39 is 9.85 Å². The highest BCUT2D eigenvalue weighted by atomic mass is 16.6. The minimum Gasteiger partial charge on any atom is -0.375 e. The summed E-state index contributed by atoms with van der Waals surface area (Å²) in [4.78, 5) is 20.7. The van der Waals surface area contributed by atoms with Gasteiger partial charge >= 0.3 is 5.69 Å². The van der Waals surface area contributed by atoms with Crippen molar-refractivity contribution in [3.8, 4) is 0 Å². The molecule has 9 heteroatoms. The Morgan fingerprint density at radius 1 is 1.12 bits per heavy atom. The van der Waals surface area contributed by atoms with Crippen LogP contribution in [-0.4, -0.2) is 27.8 Å². The molecular weight excluding hydrogens is 328 g/mol. The van der Waals surface area contributed by atoms with E-state index >= 15 is 0 Å². The molecule has 1 aromatic carbocycles. The van der Waals surface area contributed by atoms with Crippen LogP contribution in [0.3, 0.4) is 0 Å². The zero-order chi connectivity index (χ0) is 17.9. The van der Waals surface area contributed by atoms with E-state index in [1.165, 1.54) is 12.1 Å². The fourth-order valence-electron chi connectivity index (χ4n) is 3.53. The van der Waals surface area contributed by atoms with E-state index in [0.29, 0.717) is 0 Å². The van der Waals surface area contributed by atoms with Crippen molar-refractivity contribution in [3.05, 3.63) is 38.4 Å². The summed E-state index contributed by atoms with van der Waals surface area (Å²) in [6.45, 7) is 0.772. The predicted molar refractivity (Wildman–Crippen MR) is 91.8 cm³/mol. The van der Waals surface area contributed by atoms with Crippen LogP contribution >= 0.6 is 0 Å². The molecule has 1 aliphatic heterocycles. The summed E-state index contributed by atoms with van der Waals surface area (Å²) < 4.78 is 5.96. The first-order valence-corrected chi connectivity index (χ1v) is 8.37. The van der Waals surface area contributed by atoms with Gasteiger partial charge in [0.05, 0.1) is 21.5 Å². The molecule has 0 amide bonds. The van der Waals surface area contributed by atoms with Crippen LogP contribution in [0.25, 0.3) is 0 Å². The second-order valence-electron chi connectivity index (χ2n) is 6.52. The number of benzene rings is 1. The van der Waals surface area contributed by atoms with Gasteiger partial charge in [-0.15, -0.1) is 0 Å². The van der Waals surface area contributed by atoms with Gasteiger partial charge in [-0.1, -0.05) is 6.42 Å². The summed E-state index contributed by atoms with van der Waals surface area (Å²) in [5.41, 5.74) is 2.98. The molecule has 2 fully saturated rings. The number of non-ortho nitro benzene ring substituents is 1. The molecule has 1 spiro atoms. The van der Waals surface area contributed by atoms with Crippen molar-refractivity contribution < 1.29 is 14.6 Å². The molecule has 25 heavy (non-hydrogen) atoms. The number of hydrogen-bond donors (Lipinski definition) is 1. The third kappa shape index (κ3) is 3.93. The number of nitro groups is 2. The molecular formula is C16H20N4O5. The number of ether oxygens (including phenoxy) is 1. The van der Waals surface area contributed by atoms with Gasteiger partial charge in [0.25, 0.3) is 5.69 Å². The molecule has 0 radical (unpaired) electrons. The van der Waals surface area contributed by atoms with E-state index in [1.54, 1.807) is 0 Å². The summed E-state index contributed by atoms with van der Waals surface area (Å²) in [5, 5.41) is 26.3. The zero-order valence-corrected chi connectivity index (χ0v) is 13.8. The molecule has 9 nitrogen and oxygen atoms in total.